The van der Waals surface area contributed by atoms with E-state index in [1.54, 1.807) is 0 Å². The quantitative estimate of drug-likeness (QED) is 0.885. The Hall–Kier alpha value is -0.880. The monoisotopic (exact) mass is 340 g/mol. The molecule has 0 spiro atoms. The minimum Gasteiger partial charge on any atom is -0.333 e. The molecule has 2 unspecified atom stereocenters. The van der Waals surface area contributed by atoms with Crippen LogP contribution in [0.15, 0.2) is 4.47 Å². The fourth-order valence-corrected chi connectivity index (χ4v) is 3.68. The Kier molecular flexibility index (Phi) is 3.86. The van der Waals surface area contributed by atoms with Gasteiger partial charge in [0.15, 0.2) is 5.69 Å². The lowest BCUT2D eigenvalue weighted by Crippen LogP contribution is -2.49. The van der Waals surface area contributed by atoms with E-state index >= 15 is 0 Å². The molecule has 1 aliphatic carbocycles. The molecule has 1 saturated heterocycles. The van der Waals surface area contributed by atoms with Crippen molar-refractivity contribution in [1.82, 2.24) is 15.1 Å². The Morgan fingerprint density at radius 2 is 2.25 bits per heavy atom. The number of hydrogen-bond acceptors (Lipinski definition) is 3. The Bertz CT molecular complexity index is 511. The summed E-state index contributed by atoms with van der Waals surface area (Å²) in [6, 6.07) is 0.138. The fourth-order valence-electron chi connectivity index (χ4n) is 3.00. The molecule has 3 rings (SSSR count). The summed E-state index contributed by atoms with van der Waals surface area (Å²) in [5.41, 5.74) is 7.43. The van der Waals surface area contributed by atoms with E-state index in [0.717, 1.165) is 29.6 Å². The van der Waals surface area contributed by atoms with Gasteiger partial charge in [0.2, 0.25) is 0 Å². The zero-order chi connectivity index (χ0) is 14.3. The van der Waals surface area contributed by atoms with E-state index < -0.39 is 0 Å². The van der Waals surface area contributed by atoms with Crippen LogP contribution in [-0.4, -0.2) is 40.1 Å². The van der Waals surface area contributed by atoms with Gasteiger partial charge in [-0.1, -0.05) is 6.92 Å². The van der Waals surface area contributed by atoms with Crippen LogP contribution in [0.4, 0.5) is 0 Å². The molecule has 2 aliphatic rings. The van der Waals surface area contributed by atoms with Crippen LogP contribution in [0.3, 0.4) is 0 Å². The number of halogens is 1. The maximum Gasteiger partial charge on any atom is 0.275 e. The largest absolute Gasteiger partial charge is 0.333 e. The summed E-state index contributed by atoms with van der Waals surface area (Å²) in [4.78, 5) is 14.6. The second-order valence-corrected chi connectivity index (χ2v) is 6.88. The third kappa shape index (κ3) is 2.51. The van der Waals surface area contributed by atoms with Crippen LogP contribution in [0.1, 0.15) is 54.7 Å². The Labute approximate surface area is 127 Å². The van der Waals surface area contributed by atoms with Crippen LogP contribution in [0.5, 0.6) is 0 Å². The van der Waals surface area contributed by atoms with Crippen molar-refractivity contribution in [3.05, 3.63) is 15.9 Å². The number of nitrogens with one attached hydrogen (secondary N) is 1. The van der Waals surface area contributed by atoms with Crippen LogP contribution < -0.4 is 5.73 Å². The number of likely N-dealkylation sites (tertiary alicyclic amines) is 1. The number of amides is 1. The topological polar surface area (TPSA) is 75.0 Å². The molecule has 6 heteroatoms. The fraction of sp³-hybridized carbons (Fsp3) is 0.714. The van der Waals surface area contributed by atoms with E-state index in [2.05, 4.69) is 33.1 Å². The molecule has 2 heterocycles. The molecule has 1 aliphatic heterocycles. The van der Waals surface area contributed by atoms with Crippen molar-refractivity contribution in [3.63, 3.8) is 0 Å². The van der Waals surface area contributed by atoms with Gasteiger partial charge in [-0.25, -0.2) is 0 Å². The van der Waals surface area contributed by atoms with Gasteiger partial charge < -0.3 is 10.6 Å². The lowest BCUT2D eigenvalue weighted by molar-refractivity contribution is 0.0566. The van der Waals surface area contributed by atoms with Crippen molar-refractivity contribution in [2.45, 2.75) is 44.6 Å². The Morgan fingerprint density at radius 1 is 1.50 bits per heavy atom. The van der Waals surface area contributed by atoms with Gasteiger partial charge in [-0.3, -0.25) is 9.89 Å². The number of piperidine rings is 1. The highest BCUT2D eigenvalue weighted by molar-refractivity contribution is 9.10. The standard InChI is InChI=1S/C14H21BrN4O/c1-8-4-5-19(10(6-8)7-16)14(20)13-11(15)12(17-18-13)9-2-3-9/h8-10H,2-7,16H2,1H3,(H,17,18). The average Bonchev–Trinajstić information content (AvgIpc) is 3.21. The van der Waals surface area contributed by atoms with Crippen molar-refractivity contribution in [2.75, 3.05) is 13.1 Å². The van der Waals surface area contributed by atoms with Gasteiger partial charge >= 0.3 is 0 Å². The van der Waals surface area contributed by atoms with Crippen molar-refractivity contribution in [2.24, 2.45) is 11.7 Å². The highest BCUT2D eigenvalue weighted by atomic mass is 79.9. The second kappa shape index (κ2) is 5.48. The lowest BCUT2D eigenvalue weighted by atomic mass is 9.92. The van der Waals surface area contributed by atoms with Crippen molar-refractivity contribution < 1.29 is 4.79 Å². The first-order valence-electron chi connectivity index (χ1n) is 7.36. The molecule has 0 radical (unpaired) electrons. The van der Waals surface area contributed by atoms with Crippen LogP contribution in [0.2, 0.25) is 0 Å². The number of nitrogens with two attached hydrogens (primary N) is 1. The molecule has 5 nitrogen and oxygen atoms in total. The van der Waals surface area contributed by atoms with Gasteiger partial charge in [0.25, 0.3) is 5.91 Å². The van der Waals surface area contributed by atoms with Crippen LogP contribution in [0.25, 0.3) is 0 Å². The number of aromatic amines is 1. The molecule has 2 fully saturated rings. The molecule has 0 aromatic carbocycles. The first-order chi connectivity index (χ1) is 9.61. The summed E-state index contributed by atoms with van der Waals surface area (Å²) in [5, 5.41) is 7.26. The van der Waals surface area contributed by atoms with Crippen LogP contribution in [-0.2, 0) is 0 Å². The van der Waals surface area contributed by atoms with Crippen molar-refractivity contribution in [3.8, 4) is 0 Å². The average molecular weight is 341 g/mol. The van der Waals surface area contributed by atoms with E-state index in [9.17, 15) is 4.79 Å². The second-order valence-electron chi connectivity index (χ2n) is 6.09. The molecule has 1 aromatic rings. The zero-order valence-electron chi connectivity index (χ0n) is 11.7. The number of H-pyrrole nitrogens is 1. The van der Waals surface area contributed by atoms with E-state index in [1.165, 1.54) is 12.8 Å². The minimum absolute atomic E-state index is 0.00220. The van der Waals surface area contributed by atoms with Crippen molar-refractivity contribution >= 4 is 21.8 Å². The minimum atomic E-state index is 0.00220. The number of carbonyl (C=O) groups excluding carboxylic acids is 1. The first-order valence-corrected chi connectivity index (χ1v) is 8.16. The van der Waals surface area contributed by atoms with E-state index in [0.29, 0.717) is 24.1 Å². The number of hydrogen-bond donors (Lipinski definition) is 2. The zero-order valence-corrected chi connectivity index (χ0v) is 13.3. The third-order valence-electron chi connectivity index (χ3n) is 4.43. The molecular formula is C14H21BrN4O. The Balaban J connectivity index is 1.80. The highest BCUT2D eigenvalue weighted by Gasteiger charge is 2.35. The first kappa shape index (κ1) is 14.1. The van der Waals surface area contributed by atoms with Gasteiger partial charge in [-0.15, -0.1) is 0 Å². The van der Waals surface area contributed by atoms with Crippen LogP contribution >= 0.6 is 15.9 Å². The maximum atomic E-state index is 12.7. The third-order valence-corrected chi connectivity index (χ3v) is 5.23. The summed E-state index contributed by atoms with van der Waals surface area (Å²) in [6.07, 6.45) is 4.39. The maximum absolute atomic E-state index is 12.7. The summed E-state index contributed by atoms with van der Waals surface area (Å²) in [5.74, 6) is 1.18. The van der Waals surface area contributed by atoms with Crippen molar-refractivity contribution in [1.29, 1.82) is 0 Å². The molecule has 2 atom stereocenters. The van der Waals surface area contributed by atoms with E-state index in [-0.39, 0.29) is 11.9 Å². The molecule has 1 saturated carbocycles. The lowest BCUT2D eigenvalue weighted by Gasteiger charge is -2.37. The highest BCUT2D eigenvalue weighted by Crippen LogP contribution is 2.43. The molecule has 1 aromatic heterocycles. The SMILES string of the molecule is CC1CCN(C(=O)c2n[nH]c(C3CC3)c2Br)C(CN)C1. The number of aromatic nitrogens is 2. The number of nitrogens with zero attached hydrogens (tertiary/aromatic N) is 2. The van der Waals surface area contributed by atoms with E-state index in [4.69, 9.17) is 5.73 Å². The molecular weight excluding hydrogens is 320 g/mol. The van der Waals surface area contributed by atoms with Crippen LogP contribution in [0, 0.1) is 5.92 Å². The van der Waals surface area contributed by atoms with Gasteiger partial charge in [0.05, 0.1) is 10.2 Å². The molecule has 1 amide bonds. The van der Waals surface area contributed by atoms with E-state index in [1.807, 2.05) is 4.90 Å². The van der Waals surface area contributed by atoms with Gasteiger partial charge in [0.1, 0.15) is 0 Å². The molecule has 20 heavy (non-hydrogen) atoms. The predicted molar refractivity (Wildman–Crippen MR) is 80.5 cm³/mol. The Morgan fingerprint density at radius 3 is 2.90 bits per heavy atom. The summed E-state index contributed by atoms with van der Waals surface area (Å²) < 4.78 is 0.847. The smallest absolute Gasteiger partial charge is 0.275 e. The molecule has 110 valence electrons. The molecule has 0 bridgehead atoms. The predicted octanol–water partition coefficient (Wildman–Crippen LogP) is 2.25. The number of carbonyl (C=O) groups is 1. The summed E-state index contributed by atoms with van der Waals surface area (Å²) >= 11 is 3.54. The van der Waals surface area contributed by atoms with Gasteiger partial charge in [-0.05, 0) is 47.5 Å². The molecule has 3 N–H and O–H groups in total. The summed E-state index contributed by atoms with van der Waals surface area (Å²) in [6.45, 7) is 3.52. The van der Waals surface area contributed by atoms with Gasteiger partial charge in [-0.2, -0.15) is 5.10 Å². The van der Waals surface area contributed by atoms with Gasteiger partial charge in [0, 0.05) is 25.0 Å². The number of rotatable bonds is 3. The normalized spacial score (nSPS) is 26.9. The summed E-state index contributed by atoms with van der Waals surface area (Å²) in [7, 11) is 0.